The molecule has 1 aromatic heterocycles. The van der Waals surface area contributed by atoms with Gasteiger partial charge in [-0.3, -0.25) is 9.78 Å². The Morgan fingerprint density at radius 3 is 2.03 bits per heavy atom. The van der Waals surface area contributed by atoms with E-state index < -0.39 is 41.5 Å². The lowest BCUT2D eigenvalue weighted by atomic mass is 9.77. The SMILES string of the molecule is CC1(C)CC=C(c2nc(C3CC4(C)OC(C)(C3)C(O)C4O)ccc2C(N)=O)CC1.O=C(O)C(F)(F)F. The number of carboxylic acid groups (broad SMARTS) is 1. The molecule has 0 aromatic carbocycles. The molecule has 200 valence electrons. The first-order valence-corrected chi connectivity index (χ1v) is 11.8. The lowest BCUT2D eigenvalue weighted by Crippen LogP contribution is -2.43. The molecule has 11 heteroatoms. The normalized spacial score (nSPS) is 33.2. The van der Waals surface area contributed by atoms with Gasteiger partial charge >= 0.3 is 12.1 Å². The highest BCUT2D eigenvalue weighted by Crippen LogP contribution is 2.53. The number of alkyl halides is 3. The summed E-state index contributed by atoms with van der Waals surface area (Å²) in [6, 6.07) is 3.63. The zero-order valence-corrected chi connectivity index (χ0v) is 20.7. The van der Waals surface area contributed by atoms with Crippen molar-refractivity contribution in [3.8, 4) is 0 Å². The highest BCUT2D eigenvalue weighted by molar-refractivity contribution is 5.97. The summed E-state index contributed by atoms with van der Waals surface area (Å²) >= 11 is 0. The maximum Gasteiger partial charge on any atom is 0.490 e. The lowest BCUT2D eigenvalue weighted by molar-refractivity contribution is -0.192. The van der Waals surface area contributed by atoms with Crippen molar-refractivity contribution in [3.05, 3.63) is 35.2 Å². The molecule has 1 aromatic rings. The summed E-state index contributed by atoms with van der Waals surface area (Å²) in [5.74, 6) is -3.21. The Bertz CT molecular complexity index is 1050. The van der Waals surface area contributed by atoms with Crippen LogP contribution in [-0.2, 0) is 9.53 Å². The molecule has 4 rings (SSSR count). The number of nitrogens with zero attached hydrogens (tertiary/aromatic N) is 1. The van der Waals surface area contributed by atoms with Gasteiger partial charge in [-0.15, -0.1) is 0 Å². The van der Waals surface area contributed by atoms with Gasteiger partial charge in [0.15, 0.2) is 0 Å². The van der Waals surface area contributed by atoms with E-state index in [1.54, 1.807) is 6.07 Å². The predicted molar refractivity (Wildman–Crippen MR) is 124 cm³/mol. The van der Waals surface area contributed by atoms with E-state index in [2.05, 4.69) is 19.9 Å². The van der Waals surface area contributed by atoms with Crippen LogP contribution in [-0.4, -0.2) is 61.8 Å². The Kier molecular flexibility index (Phi) is 7.35. The molecular weight excluding hydrogens is 481 g/mol. The number of primary amides is 1. The summed E-state index contributed by atoms with van der Waals surface area (Å²) in [5.41, 5.74) is 7.34. The first kappa shape index (κ1) is 28.1. The van der Waals surface area contributed by atoms with Crippen molar-refractivity contribution in [2.45, 2.75) is 95.3 Å². The number of halogens is 3. The van der Waals surface area contributed by atoms with Gasteiger partial charge in [0.25, 0.3) is 5.91 Å². The number of aromatic nitrogens is 1. The van der Waals surface area contributed by atoms with Crippen molar-refractivity contribution in [3.63, 3.8) is 0 Å². The van der Waals surface area contributed by atoms with Gasteiger partial charge < -0.3 is 25.8 Å². The molecule has 5 N–H and O–H groups in total. The smallest absolute Gasteiger partial charge is 0.475 e. The van der Waals surface area contributed by atoms with Gasteiger partial charge in [0.05, 0.1) is 22.5 Å². The van der Waals surface area contributed by atoms with Crippen LogP contribution in [0.3, 0.4) is 0 Å². The van der Waals surface area contributed by atoms with Crippen LogP contribution in [0.5, 0.6) is 0 Å². The number of pyridine rings is 1. The number of carbonyl (C=O) groups is 2. The fourth-order valence-corrected chi connectivity index (χ4v) is 5.34. The minimum Gasteiger partial charge on any atom is -0.475 e. The Hall–Kier alpha value is -2.50. The minimum atomic E-state index is -5.08. The largest absolute Gasteiger partial charge is 0.490 e. The molecule has 3 aliphatic rings. The van der Waals surface area contributed by atoms with Crippen molar-refractivity contribution in [1.82, 2.24) is 4.98 Å². The number of rotatable bonds is 3. The summed E-state index contributed by atoms with van der Waals surface area (Å²) in [7, 11) is 0. The third-order valence-electron chi connectivity index (χ3n) is 7.44. The number of hydrogen-bond donors (Lipinski definition) is 4. The Balaban J connectivity index is 0.000000454. The molecule has 2 fully saturated rings. The minimum absolute atomic E-state index is 0.0202. The van der Waals surface area contributed by atoms with Gasteiger partial charge in [-0.25, -0.2) is 4.79 Å². The van der Waals surface area contributed by atoms with Crippen molar-refractivity contribution >= 4 is 17.4 Å². The van der Waals surface area contributed by atoms with E-state index in [-0.39, 0.29) is 11.3 Å². The lowest BCUT2D eigenvalue weighted by Gasteiger charge is -2.41. The van der Waals surface area contributed by atoms with E-state index >= 15 is 0 Å². The predicted octanol–water partition coefficient (Wildman–Crippen LogP) is 3.55. The van der Waals surface area contributed by atoms with Crippen LogP contribution >= 0.6 is 0 Å². The number of carbonyl (C=O) groups excluding carboxylic acids is 1. The van der Waals surface area contributed by atoms with Crippen LogP contribution in [0.1, 0.15) is 87.5 Å². The second-order valence-corrected chi connectivity index (χ2v) is 11.1. The van der Waals surface area contributed by atoms with Crippen molar-refractivity contribution in [1.29, 1.82) is 0 Å². The first-order chi connectivity index (χ1) is 16.4. The average Bonchev–Trinajstić information content (AvgIpc) is 2.88. The van der Waals surface area contributed by atoms with Crippen LogP contribution in [0.15, 0.2) is 18.2 Å². The standard InChI is InChI=1S/C23H32N2O4.C2HF3O2/c1-21(2)9-7-13(8-10-21)17-15(20(24)28)5-6-16(25-17)14-11-22(3)18(26)19(27)23(4,12-14)29-22;3-2(4,5)1(6)7/h5-7,14,18-19,26-27H,8-12H2,1-4H3,(H2,24,28);(H,6,7). The zero-order valence-electron chi connectivity index (χ0n) is 20.7. The third-order valence-corrected chi connectivity index (χ3v) is 7.44. The van der Waals surface area contributed by atoms with E-state index in [9.17, 15) is 28.2 Å². The van der Waals surface area contributed by atoms with Gasteiger partial charge in [0.1, 0.15) is 12.2 Å². The summed E-state index contributed by atoms with van der Waals surface area (Å²) in [6.07, 6.45) is -0.774. The zero-order chi connectivity index (χ0) is 27.3. The molecule has 2 saturated heterocycles. The maximum atomic E-state index is 12.1. The summed E-state index contributed by atoms with van der Waals surface area (Å²) < 4.78 is 37.8. The van der Waals surface area contributed by atoms with Crippen LogP contribution in [0.2, 0.25) is 0 Å². The molecule has 0 radical (unpaired) electrons. The second-order valence-electron chi connectivity index (χ2n) is 11.1. The molecule has 0 spiro atoms. The van der Waals surface area contributed by atoms with Gasteiger partial charge in [-0.1, -0.05) is 19.9 Å². The molecular formula is C25H33F3N2O6. The molecule has 1 aliphatic carbocycles. The Morgan fingerprint density at radius 2 is 1.61 bits per heavy atom. The van der Waals surface area contributed by atoms with Crippen LogP contribution in [0, 0.1) is 5.41 Å². The number of nitrogens with two attached hydrogens (primary N) is 1. The third kappa shape index (κ3) is 5.57. The Morgan fingerprint density at radius 1 is 1.08 bits per heavy atom. The molecule has 4 atom stereocenters. The monoisotopic (exact) mass is 514 g/mol. The number of aliphatic hydroxyl groups excluding tert-OH is 2. The number of fused-ring (bicyclic) bond motifs is 2. The molecule has 2 aliphatic heterocycles. The van der Waals surface area contributed by atoms with E-state index in [0.29, 0.717) is 24.1 Å². The average molecular weight is 515 g/mol. The molecule has 4 unspecified atom stereocenters. The Labute approximate surface area is 207 Å². The fraction of sp³-hybridized carbons (Fsp3) is 0.640. The fourth-order valence-electron chi connectivity index (χ4n) is 5.34. The van der Waals surface area contributed by atoms with Crippen LogP contribution in [0.4, 0.5) is 13.2 Å². The van der Waals surface area contributed by atoms with Gasteiger partial charge in [0, 0.05) is 11.6 Å². The second kappa shape index (κ2) is 9.42. The van der Waals surface area contributed by atoms with E-state index in [1.807, 2.05) is 19.9 Å². The first-order valence-electron chi connectivity index (χ1n) is 11.8. The molecule has 2 bridgehead atoms. The van der Waals surface area contributed by atoms with Crippen molar-refractivity contribution < 1.29 is 42.8 Å². The number of aliphatic carboxylic acids is 1. The maximum absolute atomic E-state index is 12.1. The quantitative estimate of drug-likeness (QED) is 0.483. The molecule has 8 nitrogen and oxygen atoms in total. The summed E-state index contributed by atoms with van der Waals surface area (Å²) in [5, 5.41) is 28.2. The van der Waals surface area contributed by atoms with E-state index in [4.69, 9.17) is 25.4 Å². The number of aliphatic hydroxyl groups is 2. The van der Waals surface area contributed by atoms with Crippen molar-refractivity contribution in [2.24, 2.45) is 11.1 Å². The van der Waals surface area contributed by atoms with Gasteiger partial charge in [0.2, 0.25) is 0 Å². The van der Waals surface area contributed by atoms with Gasteiger partial charge in [-0.05, 0) is 69.1 Å². The molecule has 3 heterocycles. The molecule has 0 saturated carbocycles. The topological polar surface area (TPSA) is 143 Å². The van der Waals surface area contributed by atoms with E-state index in [0.717, 1.165) is 30.5 Å². The number of hydrogen-bond acceptors (Lipinski definition) is 6. The molecule has 1 amide bonds. The van der Waals surface area contributed by atoms with Crippen molar-refractivity contribution in [2.75, 3.05) is 0 Å². The number of amides is 1. The number of carboxylic acids is 1. The number of ether oxygens (including phenoxy) is 1. The molecule has 36 heavy (non-hydrogen) atoms. The van der Waals surface area contributed by atoms with Crippen LogP contribution < -0.4 is 5.73 Å². The van der Waals surface area contributed by atoms with Crippen LogP contribution in [0.25, 0.3) is 5.57 Å². The van der Waals surface area contributed by atoms with E-state index in [1.165, 1.54) is 0 Å². The number of allylic oxidation sites excluding steroid dienone is 2. The summed E-state index contributed by atoms with van der Waals surface area (Å²) in [4.78, 5) is 25.9. The summed E-state index contributed by atoms with van der Waals surface area (Å²) in [6.45, 7) is 8.19. The van der Waals surface area contributed by atoms with Gasteiger partial charge in [-0.2, -0.15) is 13.2 Å². The highest BCUT2D eigenvalue weighted by atomic mass is 19.4. The highest BCUT2D eigenvalue weighted by Gasteiger charge is 2.62.